The van der Waals surface area contributed by atoms with Gasteiger partial charge < -0.3 is 10.2 Å². The molecule has 0 aliphatic heterocycles. The number of benzene rings is 1. The summed E-state index contributed by atoms with van der Waals surface area (Å²) < 4.78 is 1.63. The van der Waals surface area contributed by atoms with Crippen LogP contribution in [0.25, 0.3) is 10.9 Å². The molecule has 15 heavy (non-hydrogen) atoms. The van der Waals surface area contributed by atoms with E-state index in [0.717, 1.165) is 10.9 Å². The number of aromatic nitrogens is 2. The van der Waals surface area contributed by atoms with Crippen LogP contribution in [0.3, 0.4) is 0 Å². The molecule has 1 aromatic carbocycles. The largest absolute Gasteiger partial charge is 0.479 e. The highest BCUT2D eigenvalue weighted by molar-refractivity contribution is 5.82. The monoisotopic (exact) mass is 206 g/mol. The third-order valence-electron chi connectivity index (χ3n) is 2.32. The fourth-order valence-corrected chi connectivity index (χ4v) is 1.47. The van der Waals surface area contributed by atoms with Crippen LogP contribution in [0, 0.1) is 0 Å². The number of aryl methyl sites for hydroxylation is 1. The molecule has 0 radical (unpaired) electrons. The third-order valence-corrected chi connectivity index (χ3v) is 2.32. The number of carboxylic acids is 1. The summed E-state index contributed by atoms with van der Waals surface area (Å²) in [6, 6.07) is 4.95. The molecule has 0 bridgehead atoms. The third kappa shape index (κ3) is 1.57. The standard InChI is InChI=1S/C10H10N2O3/c1-12-8-4-6(9(13)10(14)15)2-3-7(8)5-11-12/h2-5,9,13H,1H3,(H,14,15). The lowest BCUT2D eigenvalue weighted by atomic mass is 10.1. The van der Waals surface area contributed by atoms with E-state index in [1.54, 1.807) is 36.1 Å². The number of aliphatic hydroxyl groups is 1. The van der Waals surface area contributed by atoms with Crippen molar-refractivity contribution in [2.24, 2.45) is 7.05 Å². The second kappa shape index (κ2) is 3.36. The summed E-state index contributed by atoms with van der Waals surface area (Å²) in [5.74, 6) is -1.25. The average Bonchev–Trinajstić information content (AvgIpc) is 2.59. The van der Waals surface area contributed by atoms with Crippen LogP contribution in [0.15, 0.2) is 24.4 Å². The maximum absolute atomic E-state index is 10.6. The Bertz CT molecular complexity index is 518. The maximum Gasteiger partial charge on any atom is 0.337 e. The molecule has 1 heterocycles. The minimum Gasteiger partial charge on any atom is -0.479 e. The number of carboxylic acid groups (broad SMARTS) is 1. The summed E-state index contributed by atoms with van der Waals surface area (Å²) in [6.07, 6.45) is 0.205. The van der Waals surface area contributed by atoms with Crippen molar-refractivity contribution >= 4 is 16.9 Å². The van der Waals surface area contributed by atoms with E-state index in [9.17, 15) is 9.90 Å². The van der Waals surface area contributed by atoms with Gasteiger partial charge in [0, 0.05) is 12.4 Å². The highest BCUT2D eigenvalue weighted by Gasteiger charge is 2.16. The van der Waals surface area contributed by atoms with Gasteiger partial charge in [-0.15, -0.1) is 0 Å². The summed E-state index contributed by atoms with van der Waals surface area (Å²) in [7, 11) is 1.76. The first-order valence-corrected chi connectivity index (χ1v) is 4.42. The summed E-state index contributed by atoms with van der Waals surface area (Å²) in [4.78, 5) is 10.6. The van der Waals surface area contributed by atoms with E-state index in [1.165, 1.54) is 0 Å². The molecule has 5 heteroatoms. The molecule has 0 saturated carbocycles. The second-order valence-electron chi connectivity index (χ2n) is 3.33. The van der Waals surface area contributed by atoms with Crippen molar-refractivity contribution in [1.82, 2.24) is 9.78 Å². The van der Waals surface area contributed by atoms with Crippen molar-refractivity contribution in [1.29, 1.82) is 0 Å². The fourth-order valence-electron chi connectivity index (χ4n) is 1.47. The maximum atomic E-state index is 10.6. The molecule has 0 aliphatic carbocycles. The van der Waals surface area contributed by atoms with Crippen molar-refractivity contribution in [2.45, 2.75) is 6.10 Å². The first-order chi connectivity index (χ1) is 7.09. The van der Waals surface area contributed by atoms with Crippen molar-refractivity contribution in [2.75, 3.05) is 0 Å². The van der Waals surface area contributed by atoms with Gasteiger partial charge in [-0.2, -0.15) is 5.10 Å². The average molecular weight is 206 g/mol. The molecular formula is C10H10N2O3. The number of rotatable bonds is 2. The summed E-state index contributed by atoms with van der Waals surface area (Å²) >= 11 is 0. The van der Waals surface area contributed by atoms with Gasteiger partial charge in [-0.25, -0.2) is 4.79 Å². The SMILES string of the molecule is Cn1ncc2ccc(C(O)C(=O)O)cc21. The van der Waals surface area contributed by atoms with Crippen molar-refractivity contribution in [3.05, 3.63) is 30.0 Å². The van der Waals surface area contributed by atoms with Gasteiger partial charge >= 0.3 is 5.97 Å². The van der Waals surface area contributed by atoms with Gasteiger partial charge in [0.05, 0.1) is 11.7 Å². The van der Waals surface area contributed by atoms with Crippen LogP contribution in [-0.4, -0.2) is 26.0 Å². The van der Waals surface area contributed by atoms with Crippen LogP contribution in [0.4, 0.5) is 0 Å². The smallest absolute Gasteiger partial charge is 0.337 e. The van der Waals surface area contributed by atoms with Crippen LogP contribution in [0.1, 0.15) is 11.7 Å². The van der Waals surface area contributed by atoms with E-state index >= 15 is 0 Å². The van der Waals surface area contributed by atoms with Crippen molar-refractivity contribution in [3.8, 4) is 0 Å². The molecule has 1 atom stereocenters. The zero-order chi connectivity index (χ0) is 11.0. The molecule has 1 unspecified atom stereocenters. The van der Waals surface area contributed by atoms with E-state index < -0.39 is 12.1 Å². The Morgan fingerprint density at radius 1 is 1.53 bits per heavy atom. The fraction of sp³-hybridized carbons (Fsp3) is 0.200. The highest BCUT2D eigenvalue weighted by atomic mass is 16.4. The van der Waals surface area contributed by atoms with E-state index in [-0.39, 0.29) is 0 Å². The number of hydrogen-bond acceptors (Lipinski definition) is 3. The Balaban J connectivity index is 2.54. The molecule has 5 nitrogen and oxygen atoms in total. The summed E-state index contributed by atoms with van der Waals surface area (Å²) in [5, 5.41) is 23.0. The van der Waals surface area contributed by atoms with E-state index in [0.29, 0.717) is 5.56 Å². The zero-order valence-electron chi connectivity index (χ0n) is 8.08. The summed E-state index contributed by atoms with van der Waals surface area (Å²) in [5.41, 5.74) is 1.16. The first-order valence-electron chi connectivity index (χ1n) is 4.42. The molecule has 0 aliphatic rings. The lowest BCUT2D eigenvalue weighted by Gasteiger charge is -2.05. The van der Waals surface area contributed by atoms with Crippen molar-refractivity contribution < 1.29 is 15.0 Å². The Labute approximate surface area is 85.6 Å². The van der Waals surface area contributed by atoms with E-state index in [2.05, 4.69) is 5.10 Å². The Morgan fingerprint density at radius 3 is 2.93 bits per heavy atom. The normalized spacial score (nSPS) is 12.9. The van der Waals surface area contributed by atoms with E-state index in [4.69, 9.17) is 5.11 Å². The van der Waals surface area contributed by atoms with E-state index in [1.807, 2.05) is 0 Å². The molecule has 0 fully saturated rings. The molecule has 2 aromatic rings. The number of fused-ring (bicyclic) bond motifs is 1. The minimum atomic E-state index is -1.48. The first kappa shape index (κ1) is 9.67. The molecule has 2 rings (SSSR count). The van der Waals surface area contributed by atoms with Gasteiger partial charge in [-0.1, -0.05) is 12.1 Å². The van der Waals surface area contributed by atoms with Crippen molar-refractivity contribution in [3.63, 3.8) is 0 Å². The molecule has 1 aromatic heterocycles. The van der Waals surface area contributed by atoms with Gasteiger partial charge in [0.15, 0.2) is 6.10 Å². The zero-order valence-corrected chi connectivity index (χ0v) is 8.08. The quantitative estimate of drug-likeness (QED) is 0.758. The molecule has 0 saturated heterocycles. The Hall–Kier alpha value is -1.88. The molecule has 78 valence electrons. The molecule has 0 spiro atoms. The topological polar surface area (TPSA) is 75.3 Å². The van der Waals surface area contributed by atoms with Gasteiger partial charge in [0.25, 0.3) is 0 Å². The Kier molecular flexibility index (Phi) is 2.17. The predicted octanol–water partition coefficient (Wildman–Crippen LogP) is 0.691. The van der Waals surface area contributed by atoms with Crippen LogP contribution in [-0.2, 0) is 11.8 Å². The molecule has 2 N–H and O–H groups in total. The second-order valence-corrected chi connectivity index (χ2v) is 3.33. The van der Waals surface area contributed by atoms with Gasteiger partial charge in [-0.3, -0.25) is 4.68 Å². The number of nitrogens with zero attached hydrogens (tertiary/aromatic N) is 2. The minimum absolute atomic E-state index is 0.360. The summed E-state index contributed by atoms with van der Waals surface area (Å²) in [6.45, 7) is 0. The van der Waals surface area contributed by atoms with Gasteiger partial charge in [0.2, 0.25) is 0 Å². The van der Waals surface area contributed by atoms with Crippen LogP contribution >= 0.6 is 0 Å². The number of aliphatic carboxylic acids is 1. The van der Waals surface area contributed by atoms with Gasteiger partial charge in [0.1, 0.15) is 0 Å². The van der Waals surface area contributed by atoms with Gasteiger partial charge in [-0.05, 0) is 11.6 Å². The molecular weight excluding hydrogens is 196 g/mol. The Morgan fingerprint density at radius 2 is 2.27 bits per heavy atom. The lowest BCUT2D eigenvalue weighted by Crippen LogP contribution is -2.10. The predicted molar refractivity (Wildman–Crippen MR) is 53.3 cm³/mol. The van der Waals surface area contributed by atoms with Crippen LogP contribution in [0.2, 0.25) is 0 Å². The number of aliphatic hydroxyl groups excluding tert-OH is 1. The molecule has 0 amide bonds. The number of hydrogen-bond donors (Lipinski definition) is 2. The van der Waals surface area contributed by atoms with Crippen LogP contribution in [0.5, 0.6) is 0 Å². The number of carbonyl (C=O) groups is 1. The lowest BCUT2D eigenvalue weighted by molar-refractivity contribution is -0.146. The highest BCUT2D eigenvalue weighted by Crippen LogP contribution is 2.19. The van der Waals surface area contributed by atoms with Crippen LogP contribution < -0.4 is 0 Å².